The van der Waals surface area contributed by atoms with Gasteiger partial charge in [-0.15, -0.1) is 12.6 Å². The second-order valence-corrected chi connectivity index (χ2v) is 16.7. The molecule has 6 heteroatoms. The van der Waals surface area contributed by atoms with Crippen LogP contribution in [0.3, 0.4) is 0 Å². The van der Waals surface area contributed by atoms with Gasteiger partial charge in [-0.3, -0.25) is 0 Å². The maximum atomic E-state index is 12.6. The van der Waals surface area contributed by atoms with E-state index < -0.39 is 0 Å². The van der Waals surface area contributed by atoms with Crippen LogP contribution in [-0.2, 0) is 9.53 Å². The van der Waals surface area contributed by atoms with Crippen molar-refractivity contribution in [3.8, 4) is 0 Å². The van der Waals surface area contributed by atoms with Crippen molar-refractivity contribution in [3.63, 3.8) is 0 Å². The molecule has 1 fully saturated rings. The third-order valence-corrected chi connectivity index (χ3v) is 11.7. The van der Waals surface area contributed by atoms with Crippen LogP contribution in [0.5, 0.6) is 0 Å². The van der Waals surface area contributed by atoms with Crippen LogP contribution in [0.4, 0.5) is 28.4 Å². The number of hydrogen-bond acceptors (Lipinski definition) is 6. The quantitative estimate of drug-likeness (QED) is 0.0457. The number of carbonyl (C=O) groups is 1. The molecule has 0 amide bonds. The summed E-state index contributed by atoms with van der Waals surface area (Å²) in [6.45, 7) is 18.5. The maximum Gasteiger partial charge on any atom is 0.333 e. The predicted octanol–water partition coefficient (Wildman–Crippen LogP) is 13.5. The highest BCUT2D eigenvalue weighted by Gasteiger charge is 2.29. The van der Waals surface area contributed by atoms with Crippen LogP contribution < -0.4 is 16.0 Å². The normalized spacial score (nSPS) is 15.4. The van der Waals surface area contributed by atoms with Gasteiger partial charge in [0, 0.05) is 50.2 Å². The Kier molecular flexibility index (Phi) is 11.8. The van der Waals surface area contributed by atoms with E-state index >= 15 is 0 Å². The van der Waals surface area contributed by atoms with Crippen LogP contribution in [0.25, 0.3) is 10.8 Å². The molecule has 1 aliphatic rings. The number of ether oxygens (including phenoxy) is 1. The molecule has 3 N–H and O–H groups in total. The lowest BCUT2D eigenvalue weighted by Crippen LogP contribution is -2.40. The Hall–Kier alpha value is -5.46. The Morgan fingerprint density at radius 1 is 0.667 bits per heavy atom. The van der Waals surface area contributed by atoms with Crippen molar-refractivity contribution in [1.29, 1.82) is 0 Å². The van der Waals surface area contributed by atoms with E-state index in [2.05, 4.69) is 167 Å². The van der Waals surface area contributed by atoms with E-state index in [0.717, 1.165) is 69.8 Å². The number of hydrogen-bond donors (Lipinski definition) is 4. The molecule has 1 saturated carbocycles. The van der Waals surface area contributed by atoms with Gasteiger partial charge in [-0.1, -0.05) is 84.8 Å². The van der Waals surface area contributed by atoms with Crippen LogP contribution in [0.15, 0.2) is 120 Å². The standard InChI is InChI=1S/C51H55N3O2S/c1-30(2)51(55)56-47-12-10-9-11-46(47)54-45-24-23-43(42-22-21-41(57)29-44(42)45)48(37-13-17-39(18-14-37)52-49-33(5)25-31(3)26-34(49)6)38-15-19-40(20-16-38)53-50-35(7)27-32(4)28-36(50)8/h13-29,46-48,52-54,57H,1,9-12H2,2-8H3. The third-order valence-electron chi connectivity index (χ3n) is 11.4. The number of anilines is 5. The number of fused-ring (bicyclic) bond motifs is 1. The van der Waals surface area contributed by atoms with Crippen LogP contribution in [0.2, 0.25) is 0 Å². The van der Waals surface area contributed by atoms with Crippen molar-refractivity contribution in [3.05, 3.63) is 165 Å². The zero-order chi connectivity index (χ0) is 40.4. The van der Waals surface area contributed by atoms with Gasteiger partial charge in [-0.05, 0) is 155 Å². The molecule has 6 aromatic carbocycles. The molecule has 2 unspecified atom stereocenters. The fraction of sp³-hybridized carbons (Fsp3) is 0.275. The minimum atomic E-state index is -0.329. The first-order valence-electron chi connectivity index (χ1n) is 20.1. The molecular weight excluding hydrogens is 719 g/mol. The fourth-order valence-electron chi connectivity index (χ4n) is 8.69. The number of rotatable bonds is 11. The van der Waals surface area contributed by atoms with Gasteiger partial charge >= 0.3 is 5.97 Å². The van der Waals surface area contributed by atoms with Gasteiger partial charge < -0.3 is 20.7 Å². The molecular formula is C51H55N3O2S. The minimum Gasteiger partial charge on any atom is -0.457 e. The number of carbonyl (C=O) groups excluding carboxylic acids is 1. The molecule has 0 aliphatic heterocycles. The summed E-state index contributed by atoms with van der Waals surface area (Å²) in [5, 5.41) is 13.5. The van der Waals surface area contributed by atoms with Crippen molar-refractivity contribution < 1.29 is 9.53 Å². The third kappa shape index (κ3) is 8.92. The molecule has 0 radical (unpaired) electrons. The first-order chi connectivity index (χ1) is 27.3. The average Bonchev–Trinajstić information content (AvgIpc) is 3.17. The molecule has 57 heavy (non-hydrogen) atoms. The summed E-state index contributed by atoms with van der Waals surface area (Å²) in [6, 6.07) is 37.6. The van der Waals surface area contributed by atoms with E-state index in [-0.39, 0.29) is 24.0 Å². The minimum absolute atomic E-state index is 0.00262. The van der Waals surface area contributed by atoms with Crippen molar-refractivity contribution in [2.24, 2.45) is 0 Å². The summed E-state index contributed by atoms with van der Waals surface area (Å²) in [7, 11) is 0. The average molecular weight is 774 g/mol. The Morgan fingerprint density at radius 2 is 1.18 bits per heavy atom. The smallest absolute Gasteiger partial charge is 0.333 e. The van der Waals surface area contributed by atoms with Gasteiger partial charge in [-0.2, -0.15) is 0 Å². The molecule has 7 rings (SSSR count). The number of thiol groups is 1. The van der Waals surface area contributed by atoms with E-state index in [0.29, 0.717) is 5.57 Å². The van der Waals surface area contributed by atoms with Crippen molar-refractivity contribution >= 4 is 57.8 Å². The Labute approximate surface area is 344 Å². The first-order valence-corrected chi connectivity index (χ1v) is 20.6. The summed E-state index contributed by atoms with van der Waals surface area (Å²) in [5.74, 6) is -0.384. The number of esters is 1. The summed E-state index contributed by atoms with van der Waals surface area (Å²) < 4.78 is 5.96. The summed E-state index contributed by atoms with van der Waals surface area (Å²) in [6.07, 6.45) is 3.64. The van der Waals surface area contributed by atoms with E-state index in [1.807, 2.05) is 0 Å². The SMILES string of the molecule is C=C(C)C(=O)OC1CCCCC1Nc1ccc(C(c2ccc(Nc3c(C)cc(C)cc3C)cc2)c2ccc(Nc3c(C)cc(C)cc3C)cc2)c2ccc(S)cc12. The Morgan fingerprint density at radius 3 is 1.68 bits per heavy atom. The largest absolute Gasteiger partial charge is 0.457 e. The van der Waals surface area contributed by atoms with Crippen LogP contribution in [0.1, 0.15) is 88.6 Å². The molecule has 0 aromatic heterocycles. The highest BCUT2D eigenvalue weighted by atomic mass is 32.1. The summed E-state index contributed by atoms with van der Waals surface area (Å²) >= 11 is 4.81. The Bertz CT molecular complexity index is 2300. The van der Waals surface area contributed by atoms with Gasteiger partial charge in [0.1, 0.15) is 6.10 Å². The van der Waals surface area contributed by atoms with Crippen molar-refractivity contribution in [2.45, 2.75) is 97.1 Å². The van der Waals surface area contributed by atoms with Crippen molar-refractivity contribution in [1.82, 2.24) is 0 Å². The molecule has 0 saturated heterocycles. The molecule has 5 nitrogen and oxygen atoms in total. The van der Waals surface area contributed by atoms with E-state index in [1.165, 1.54) is 50.1 Å². The van der Waals surface area contributed by atoms with E-state index in [9.17, 15) is 4.79 Å². The number of benzene rings is 6. The monoisotopic (exact) mass is 773 g/mol. The van der Waals surface area contributed by atoms with E-state index in [4.69, 9.17) is 17.4 Å². The fourth-order valence-corrected chi connectivity index (χ4v) is 8.89. The molecule has 0 heterocycles. The second-order valence-electron chi connectivity index (χ2n) is 16.2. The van der Waals surface area contributed by atoms with Crippen LogP contribution in [0, 0.1) is 41.5 Å². The molecule has 2 atom stereocenters. The highest BCUT2D eigenvalue weighted by molar-refractivity contribution is 7.80. The van der Waals surface area contributed by atoms with Gasteiger partial charge in [0.15, 0.2) is 0 Å². The molecule has 0 bridgehead atoms. The topological polar surface area (TPSA) is 62.4 Å². The molecule has 6 aromatic rings. The molecule has 1 aliphatic carbocycles. The van der Waals surface area contributed by atoms with Gasteiger partial charge in [0.25, 0.3) is 0 Å². The lowest BCUT2D eigenvalue weighted by molar-refractivity contribution is -0.146. The zero-order valence-electron chi connectivity index (χ0n) is 34.3. The zero-order valence-corrected chi connectivity index (χ0v) is 35.2. The highest BCUT2D eigenvalue weighted by Crippen LogP contribution is 2.41. The van der Waals surface area contributed by atoms with Gasteiger partial charge in [0.2, 0.25) is 0 Å². The predicted molar refractivity (Wildman–Crippen MR) is 243 cm³/mol. The van der Waals surface area contributed by atoms with Crippen LogP contribution in [-0.4, -0.2) is 18.1 Å². The number of aryl methyl sites for hydroxylation is 6. The second kappa shape index (κ2) is 17.0. The van der Waals surface area contributed by atoms with E-state index in [1.54, 1.807) is 6.92 Å². The first kappa shape index (κ1) is 39.8. The maximum absolute atomic E-state index is 12.6. The van der Waals surface area contributed by atoms with Gasteiger partial charge in [-0.25, -0.2) is 4.79 Å². The number of nitrogens with one attached hydrogen (secondary N) is 3. The molecule has 0 spiro atoms. The lowest BCUT2D eigenvalue weighted by Gasteiger charge is -2.33. The Balaban J connectivity index is 1.28. The van der Waals surface area contributed by atoms with Gasteiger partial charge in [0.05, 0.1) is 6.04 Å². The summed E-state index contributed by atoms with van der Waals surface area (Å²) in [5.41, 5.74) is 16.9. The van der Waals surface area contributed by atoms with Crippen molar-refractivity contribution in [2.75, 3.05) is 16.0 Å². The van der Waals surface area contributed by atoms with Crippen LogP contribution >= 0.6 is 12.6 Å². The summed E-state index contributed by atoms with van der Waals surface area (Å²) in [4.78, 5) is 13.5. The lowest BCUT2D eigenvalue weighted by atomic mass is 9.82. The molecule has 292 valence electrons.